The summed E-state index contributed by atoms with van der Waals surface area (Å²) in [6.07, 6.45) is 6.39. The number of hydrogen-bond donors (Lipinski definition) is 0. The van der Waals surface area contributed by atoms with Crippen molar-refractivity contribution in [1.82, 2.24) is 14.8 Å². The predicted molar refractivity (Wildman–Crippen MR) is 67.2 cm³/mol. The van der Waals surface area contributed by atoms with Crippen molar-refractivity contribution in [3.8, 4) is 0 Å². The number of carbonyl (C=O) groups excluding carboxylic acids is 1. The van der Waals surface area contributed by atoms with Crippen LogP contribution in [-0.2, 0) is 23.0 Å². The van der Waals surface area contributed by atoms with Crippen LogP contribution in [0.1, 0.15) is 56.6 Å². The Balaban J connectivity index is 2.03. The maximum absolute atomic E-state index is 11.4. The van der Waals surface area contributed by atoms with Crippen molar-refractivity contribution in [1.29, 1.82) is 0 Å². The Labute approximate surface area is 108 Å². The van der Waals surface area contributed by atoms with E-state index in [1.807, 2.05) is 14.0 Å². The smallest absolute Gasteiger partial charge is 0.313 e. The van der Waals surface area contributed by atoms with Crippen LogP contribution in [0.15, 0.2) is 0 Å². The van der Waals surface area contributed by atoms with Gasteiger partial charge in [-0.15, -0.1) is 0 Å². The van der Waals surface area contributed by atoms with Crippen molar-refractivity contribution in [3.05, 3.63) is 11.6 Å². The van der Waals surface area contributed by atoms with Crippen LogP contribution in [0.4, 0.5) is 0 Å². The molecule has 1 aromatic heterocycles. The summed E-state index contributed by atoms with van der Waals surface area (Å²) >= 11 is 0. The van der Waals surface area contributed by atoms with Gasteiger partial charge in [-0.25, -0.2) is 4.98 Å². The summed E-state index contributed by atoms with van der Waals surface area (Å²) in [6.45, 7) is 2.22. The van der Waals surface area contributed by atoms with E-state index in [0.717, 1.165) is 5.82 Å². The number of aromatic nitrogens is 3. The van der Waals surface area contributed by atoms with Gasteiger partial charge in [-0.1, -0.05) is 19.3 Å². The van der Waals surface area contributed by atoms with Crippen molar-refractivity contribution in [2.45, 2.75) is 51.4 Å². The van der Waals surface area contributed by atoms with Crippen LogP contribution in [0.3, 0.4) is 0 Å². The molecule has 18 heavy (non-hydrogen) atoms. The van der Waals surface area contributed by atoms with E-state index in [9.17, 15) is 4.79 Å². The standard InChI is InChI=1S/C13H21N3O2/c1-3-18-12(17)9-11-14-13(15-16(11)2)10-7-5-4-6-8-10/h10H,3-9H2,1-2H3. The van der Waals surface area contributed by atoms with Crippen LogP contribution >= 0.6 is 0 Å². The normalized spacial score (nSPS) is 16.8. The van der Waals surface area contributed by atoms with Gasteiger partial charge in [0.15, 0.2) is 5.82 Å². The molecule has 1 aromatic rings. The third-order valence-electron chi connectivity index (χ3n) is 3.45. The number of nitrogens with zero attached hydrogens (tertiary/aromatic N) is 3. The summed E-state index contributed by atoms with van der Waals surface area (Å²) in [4.78, 5) is 16.0. The third-order valence-corrected chi connectivity index (χ3v) is 3.45. The number of hydrogen-bond acceptors (Lipinski definition) is 4. The second-order valence-corrected chi connectivity index (χ2v) is 4.83. The van der Waals surface area contributed by atoms with E-state index < -0.39 is 0 Å². The molecule has 2 rings (SSSR count). The van der Waals surface area contributed by atoms with E-state index in [-0.39, 0.29) is 12.4 Å². The molecule has 5 nitrogen and oxygen atoms in total. The number of esters is 1. The van der Waals surface area contributed by atoms with E-state index in [1.165, 1.54) is 32.1 Å². The zero-order valence-corrected chi connectivity index (χ0v) is 11.2. The van der Waals surface area contributed by atoms with Gasteiger partial charge in [0.1, 0.15) is 12.2 Å². The van der Waals surface area contributed by atoms with Crippen LogP contribution in [0.5, 0.6) is 0 Å². The molecule has 1 saturated carbocycles. The highest BCUT2D eigenvalue weighted by atomic mass is 16.5. The molecule has 0 bridgehead atoms. The molecule has 1 fully saturated rings. The molecule has 1 heterocycles. The highest BCUT2D eigenvalue weighted by Crippen LogP contribution is 2.30. The maximum Gasteiger partial charge on any atom is 0.313 e. The first-order valence-corrected chi connectivity index (χ1v) is 6.76. The van der Waals surface area contributed by atoms with E-state index in [1.54, 1.807) is 4.68 Å². The van der Waals surface area contributed by atoms with E-state index in [4.69, 9.17) is 4.74 Å². The fraction of sp³-hybridized carbons (Fsp3) is 0.769. The molecule has 0 aliphatic heterocycles. The minimum Gasteiger partial charge on any atom is -0.466 e. The van der Waals surface area contributed by atoms with Gasteiger partial charge in [0.25, 0.3) is 0 Å². The molecule has 0 radical (unpaired) electrons. The largest absolute Gasteiger partial charge is 0.466 e. The molecule has 0 saturated heterocycles. The average Bonchev–Trinajstić information content (AvgIpc) is 2.72. The van der Waals surface area contributed by atoms with E-state index in [2.05, 4.69) is 10.1 Å². The van der Waals surface area contributed by atoms with Crippen molar-refractivity contribution in [2.24, 2.45) is 7.05 Å². The Bertz CT molecular complexity index is 408. The second kappa shape index (κ2) is 5.98. The summed E-state index contributed by atoms with van der Waals surface area (Å²) in [6, 6.07) is 0. The van der Waals surface area contributed by atoms with Gasteiger partial charge in [-0.2, -0.15) is 5.10 Å². The highest BCUT2D eigenvalue weighted by molar-refractivity contribution is 5.71. The van der Waals surface area contributed by atoms with Gasteiger partial charge in [0, 0.05) is 13.0 Å². The van der Waals surface area contributed by atoms with Crippen molar-refractivity contribution in [3.63, 3.8) is 0 Å². The minimum atomic E-state index is -0.233. The predicted octanol–water partition coefficient (Wildman–Crippen LogP) is 1.97. The van der Waals surface area contributed by atoms with Gasteiger partial charge in [-0.3, -0.25) is 9.48 Å². The molecule has 1 aliphatic carbocycles. The van der Waals surface area contributed by atoms with Crippen LogP contribution < -0.4 is 0 Å². The molecule has 0 atom stereocenters. The Morgan fingerprint density at radius 1 is 1.39 bits per heavy atom. The number of aryl methyl sites for hydroxylation is 1. The van der Waals surface area contributed by atoms with E-state index in [0.29, 0.717) is 18.3 Å². The Hall–Kier alpha value is -1.39. The molecule has 0 aromatic carbocycles. The molecule has 100 valence electrons. The summed E-state index contributed by atoms with van der Waals surface area (Å²) in [7, 11) is 1.84. The summed E-state index contributed by atoms with van der Waals surface area (Å²) in [5, 5.41) is 4.45. The molecule has 0 N–H and O–H groups in total. The Kier molecular flexibility index (Phi) is 4.33. The fourth-order valence-corrected chi connectivity index (χ4v) is 2.47. The topological polar surface area (TPSA) is 57.0 Å². The first-order chi connectivity index (χ1) is 8.70. The number of carbonyl (C=O) groups is 1. The fourth-order valence-electron chi connectivity index (χ4n) is 2.47. The van der Waals surface area contributed by atoms with Crippen molar-refractivity contribution in [2.75, 3.05) is 6.61 Å². The van der Waals surface area contributed by atoms with Crippen LogP contribution in [0, 0.1) is 0 Å². The molecule has 0 unspecified atom stereocenters. The second-order valence-electron chi connectivity index (χ2n) is 4.83. The lowest BCUT2D eigenvalue weighted by molar-refractivity contribution is -0.142. The van der Waals surface area contributed by atoms with Crippen molar-refractivity contribution < 1.29 is 9.53 Å². The van der Waals surface area contributed by atoms with Crippen LogP contribution in [0.25, 0.3) is 0 Å². The first-order valence-electron chi connectivity index (χ1n) is 6.76. The lowest BCUT2D eigenvalue weighted by atomic mass is 9.89. The highest BCUT2D eigenvalue weighted by Gasteiger charge is 2.21. The third kappa shape index (κ3) is 3.09. The molecular formula is C13H21N3O2. The zero-order valence-electron chi connectivity index (χ0n) is 11.2. The minimum absolute atomic E-state index is 0.212. The number of rotatable bonds is 4. The molecule has 0 spiro atoms. The van der Waals surface area contributed by atoms with Crippen LogP contribution in [-0.4, -0.2) is 27.3 Å². The lowest BCUT2D eigenvalue weighted by Gasteiger charge is -2.18. The van der Waals surface area contributed by atoms with Crippen molar-refractivity contribution >= 4 is 5.97 Å². The summed E-state index contributed by atoms with van der Waals surface area (Å²) < 4.78 is 6.64. The molecule has 0 amide bonds. The van der Waals surface area contributed by atoms with Gasteiger partial charge in [0.2, 0.25) is 0 Å². The lowest BCUT2D eigenvalue weighted by Crippen LogP contribution is -2.11. The Morgan fingerprint density at radius 3 is 2.78 bits per heavy atom. The number of ether oxygens (including phenoxy) is 1. The monoisotopic (exact) mass is 251 g/mol. The summed E-state index contributed by atoms with van der Waals surface area (Å²) in [5.41, 5.74) is 0. The van der Waals surface area contributed by atoms with Gasteiger partial charge >= 0.3 is 5.97 Å². The van der Waals surface area contributed by atoms with Crippen LogP contribution in [0.2, 0.25) is 0 Å². The van der Waals surface area contributed by atoms with Gasteiger partial charge < -0.3 is 4.74 Å². The quantitative estimate of drug-likeness (QED) is 0.768. The first kappa shape index (κ1) is 13.1. The zero-order chi connectivity index (χ0) is 13.0. The van der Waals surface area contributed by atoms with Gasteiger partial charge in [0.05, 0.1) is 6.61 Å². The Morgan fingerprint density at radius 2 is 2.11 bits per heavy atom. The molecular weight excluding hydrogens is 230 g/mol. The molecule has 5 heteroatoms. The maximum atomic E-state index is 11.4. The molecule has 1 aliphatic rings. The average molecular weight is 251 g/mol. The summed E-state index contributed by atoms with van der Waals surface area (Å²) in [5.74, 6) is 1.84. The van der Waals surface area contributed by atoms with E-state index >= 15 is 0 Å². The SMILES string of the molecule is CCOC(=O)Cc1nc(C2CCCCC2)nn1C. The van der Waals surface area contributed by atoms with Gasteiger partial charge in [-0.05, 0) is 19.8 Å².